The van der Waals surface area contributed by atoms with Crippen LogP contribution in [0.15, 0.2) is 18.2 Å². The molecule has 1 aromatic carbocycles. The molecule has 17 heavy (non-hydrogen) atoms. The minimum Gasteiger partial charge on any atom is -0.490 e. The molecule has 0 radical (unpaired) electrons. The van der Waals surface area contributed by atoms with Gasteiger partial charge < -0.3 is 9.47 Å². The number of rotatable bonds is 2. The first kappa shape index (κ1) is 11.4. The number of benzene rings is 1. The second kappa shape index (κ2) is 4.20. The summed E-state index contributed by atoms with van der Waals surface area (Å²) in [5.74, 6) is 2.57. The lowest BCUT2D eigenvalue weighted by molar-refractivity contribution is 0.297. The Hall–Kier alpha value is -0.700. The van der Waals surface area contributed by atoms with Crippen LogP contribution < -0.4 is 9.47 Å². The highest BCUT2D eigenvalue weighted by molar-refractivity contribution is 9.09. The molecule has 0 spiro atoms. The number of alkyl halides is 1. The van der Waals surface area contributed by atoms with E-state index < -0.39 is 0 Å². The van der Waals surface area contributed by atoms with Gasteiger partial charge in [0, 0.05) is 11.8 Å². The molecule has 2 aliphatic rings. The van der Waals surface area contributed by atoms with Gasteiger partial charge in [-0.1, -0.05) is 28.9 Å². The van der Waals surface area contributed by atoms with Crippen LogP contribution in [-0.2, 0) is 5.41 Å². The van der Waals surface area contributed by atoms with Gasteiger partial charge in [0.05, 0.1) is 13.2 Å². The van der Waals surface area contributed by atoms with Gasteiger partial charge in [0.15, 0.2) is 11.5 Å². The summed E-state index contributed by atoms with van der Waals surface area (Å²) in [4.78, 5) is 0. The molecule has 3 rings (SSSR count). The van der Waals surface area contributed by atoms with Crippen LogP contribution in [-0.4, -0.2) is 18.5 Å². The summed E-state index contributed by atoms with van der Waals surface area (Å²) in [6.07, 6.45) is 2.23. The summed E-state index contributed by atoms with van der Waals surface area (Å²) in [5.41, 5.74) is 1.71. The van der Waals surface area contributed by atoms with Crippen molar-refractivity contribution < 1.29 is 9.47 Å². The molecule has 1 aliphatic carbocycles. The Labute approximate surface area is 110 Å². The number of hydrogen-bond donors (Lipinski definition) is 0. The van der Waals surface area contributed by atoms with Crippen LogP contribution in [0.2, 0.25) is 0 Å². The van der Waals surface area contributed by atoms with Gasteiger partial charge in [0.1, 0.15) is 0 Å². The Balaban J connectivity index is 1.91. The van der Waals surface area contributed by atoms with Crippen molar-refractivity contribution in [2.24, 2.45) is 5.92 Å². The predicted octanol–water partition coefficient (Wildman–Crippen LogP) is 3.52. The van der Waals surface area contributed by atoms with Gasteiger partial charge in [-0.15, -0.1) is 0 Å². The fraction of sp³-hybridized carbons (Fsp3) is 0.571. The lowest BCUT2D eigenvalue weighted by Gasteiger charge is -2.14. The second-order valence-corrected chi connectivity index (χ2v) is 5.83. The van der Waals surface area contributed by atoms with Crippen molar-refractivity contribution in [3.63, 3.8) is 0 Å². The van der Waals surface area contributed by atoms with E-state index in [-0.39, 0.29) is 0 Å². The maximum atomic E-state index is 5.74. The molecule has 0 saturated heterocycles. The van der Waals surface area contributed by atoms with Gasteiger partial charge in [-0.2, -0.15) is 0 Å². The number of hydrogen-bond acceptors (Lipinski definition) is 2. The van der Waals surface area contributed by atoms with Crippen LogP contribution in [0.4, 0.5) is 0 Å². The number of ether oxygens (including phenoxy) is 2. The molecule has 92 valence electrons. The molecule has 1 aromatic rings. The lowest BCUT2D eigenvalue weighted by atomic mass is 9.95. The zero-order valence-corrected chi connectivity index (χ0v) is 11.6. The molecule has 1 heterocycles. The molecule has 0 aromatic heterocycles. The topological polar surface area (TPSA) is 18.5 Å². The van der Waals surface area contributed by atoms with Gasteiger partial charge in [-0.3, -0.25) is 0 Å². The molecule has 0 amide bonds. The summed E-state index contributed by atoms with van der Waals surface area (Å²) < 4.78 is 11.4. The van der Waals surface area contributed by atoms with Crippen LogP contribution in [0.1, 0.15) is 25.3 Å². The van der Waals surface area contributed by atoms with Crippen LogP contribution in [0.5, 0.6) is 11.5 Å². The van der Waals surface area contributed by atoms with E-state index in [9.17, 15) is 0 Å². The van der Waals surface area contributed by atoms with Crippen molar-refractivity contribution in [1.82, 2.24) is 0 Å². The van der Waals surface area contributed by atoms with Crippen LogP contribution >= 0.6 is 15.9 Å². The third-order valence-electron chi connectivity index (χ3n) is 4.00. The highest BCUT2D eigenvalue weighted by Crippen LogP contribution is 2.55. The smallest absolute Gasteiger partial charge is 0.161 e. The van der Waals surface area contributed by atoms with Crippen molar-refractivity contribution in [2.45, 2.75) is 25.2 Å². The van der Waals surface area contributed by atoms with E-state index in [0.29, 0.717) is 5.41 Å². The molecular weight excluding hydrogens is 280 g/mol. The Morgan fingerprint density at radius 2 is 2.06 bits per heavy atom. The largest absolute Gasteiger partial charge is 0.490 e. The van der Waals surface area contributed by atoms with E-state index in [4.69, 9.17) is 9.47 Å². The van der Waals surface area contributed by atoms with Crippen molar-refractivity contribution in [1.29, 1.82) is 0 Å². The second-order valence-electron chi connectivity index (χ2n) is 5.18. The Bertz CT molecular complexity index is 432. The monoisotopic (exact) mass is 296 g/mol. The minimum absolute atomic E-state index is 0.328. The summed E-state index contributed by atoms with van der Waals surface area (Å²) in [6.45, 7) is 3.85. The Kier molecular flexibility index (Phi) is 2.81. The zero-order valence-electron chi connectivity index (χ0n) is 10.0. The standard InChI is InChI=1S/C14H17BrO2/c1-14(8-11(14)9-15)10-3-4-12-13(7-10)17-6-2-5-16-12/h3-4,7,11H,2,5-6,8-9H2,1H3. The van der Waals surface area contributed by atoms with Gasteiger partial charge in [-0.25, -0.2) is 0 Å². The van der Waals surface area contributed by atoms with Crippen LogP contribution in [0, 0.1) is 5.92 Å². The number of fused-ring (bicyclic) bond motifs is 1. The fourth-order valence-corrected chi connectivity index (χ4v) is 3.49. The van der Waals surface area contributed by atoms with Gasteiger partial charge in [0.2, 0.25) is 0 Å². The Morgan fingerprint density at radius 1 is 1.29 bits per heavy atom. The molecule has 0 bridgehead atoms. The average molecular weight is 297 g/mol. The highest BCUT2D eigenvalue weighted by Gasteiger charge is 2.50. The van der Waals surface area contributed by atoms with E-state index in [1.165, 1.54) is 12.0 Å². The SMILES string of the molecule is CC1(c2ccc3c(c2)OCCCO3)CC1CBr. The van der Waals surface area contributed by atoms with Crippen molar-refractivity contribution in [3.8, 4) is 11.5 Å². The highest BCUT2D eigenvalue weighted by atomic mass is 79.9. The van der Waals surface area contributed by atoms with Gasteiger partial charge >= 0.3 is 0 Å². The molecule has 2 atom stereocenters. The van der Waals surface area contributed by atoms with Crippen LogP contribution in [0.3, 0.4) is 0 Å². The fourth-order valence-electron chi connectivity index (χ4n) is 2.55. The van der Waals surface area contributed by atoms with E-state index in [1.807, 2.05) is 0 Å². The van der Waals surface area contributed by atoms with E-state index in [1.54, 1.807) is 0 Å². The van der Waals surface area contributed by atoms with Gasteiger partial charge in [0.25, 0.3) is 0 Å². The molecule has 1 aliphatic heterocycles. The number of halogens is 1. The minimum atomic E-state index is 0.328. The first-order valence-corrected chi connectivity index (χ1v) is 7.32. The average Bonchev–Trinajstić information content (AvgIpc) is 3.07. The summed E-state index contributed by atoms with van der Waals surface area (Å²) in [5, 5.41) is 1.08. The molecule has 1 saturated carbocycles. The third kappa shape index (κ3) is 1.95. The first-order chi connectivity index (χ1) is 8.24. The summed E-state index contributed by atoms with van der Waals surface area (Å²) in [6, 6.07) is 6.42. The van der Waals surface area contributed by atoms with E-state index >= 15 is 0 Å². The van der Waals surface area contributed by atoms with E-state index in [0.717, 1.165) is 42.4 Å². The summed E-state index contributed by atoms with van der Waals surface area (Å²) in [7, 11) is 0. The maximum absolute atomic E-state index is 5.74. The molecule has 3 heteroatoms. The molecular formula is C14H17BrO2. The van der Waals surface area contributed by atoms with Gasteiger partial charge in [-0.05, 0) is 35.4 Å². The van der Waals surface area contributed by atoms with Crippen molar-refractivity contribution >= 4 is 15.9 Å². The molecule has 2 nitrogen and oxygen atoms in total. The molecule has 2 unspecified atom stereocenters. The lowest BCUT2D eigenvalue weighted by Crippen LogP contribution is -2.05. The first-order valence-electron chi connectivity index (χ1n) is 6.20. The molecule has 1 fully saturated rings. The van der Waals surface area contributed by atoms with Crippen molar-refractivity contribution in [2.75, 3.05) is 18.5 Å². The zero-order chi connectivity index (χ0) is 11.9. The third-order valence-corrected chi connectivity index (χ3v) is 4.79. The van der Waals surface area contributed by atoms with Crippen molar-refractivity contribution in [3.05, 3.63) is 23.8 Å². The maximum Gasteiger partial charge on any atom is 0.161 e. The van der Waals surface area contributed by atoms with Crippen LogP contribution in [0.25, 0.3) is 0 Å². The summed E-state index contributed by atoms with van der Waals surface area (Å²) >= 11 is 3.58. The quantitative estimate of drug-likeness (QED) is 0.778. The normalized spacial score (nSPS) is 30.8. The Morgan fingerprint density at radius 3 is 2.76 bits per heavy atom. The molecule has 0 N–H and O–H groups in total. The van der Waals surface area contributed by atoms with E-state index in [2.05, 4.69) is 41.1 Å². The predicted molar refractivity (Wildman–Crippen MR) is 71.3 cm³/mol.